The highest BCUT2D eigenvalue weighted by atomic mass is 35.5. The second-order valence-corrected chi connectivity index (χ2v) is 8.59. The minimum absolute atomic E-state index is 0.102. The molecule has 2 aromatic rings. The molecule has 1 saturated heterocycles. The normalized spacial score (nSPS) is 13.8. The lowest BCUT2D eigenvalue weighted by atomic mass is 9.76. The monoisotopic (exact) mass is 455 g/mol. The molecule has 32 heavy (non-hydrogen) atoms. The van der Waals surface area contributed by atoms with Crippen LogP contribution in [-0.2, 0) is 15.0 Å². The van der Waals surface area contributed by atoms with Crippen molar-refractivity contribution in [3.05, 3.63) is 64.7 Å². The molecule has 1 fully saturated rings. The van der Waals surface area contributed by atoms with E-state index in [1.165, 1.54) is 0 Å². The van der Waals surface area contributed by atoms with E-state index in [1.807, 2.05) is 24.3 Å². The van der Waals surface area contributed by atoms with Crippen molar-refractivity contribution in [3.63, 3.8) is 0 Å². The van der Waals surface area contributed by atoms with Crippen LogP contribution in [0.25, 0.3) is 0 Å². The molecule has 0 bridgehead atoms. The van der Waals surface area contributed by atoms with Crippen LogP contribution in [0.15, 0.2) is 48.5 Å². The Labute approximate surface area is 194 Å². The zero-order valence-electron chi connectivity index (χ0n) is 18.6. The fraction of sp³-hybridized carbons (Fsp3) is 0.400. The average molecular weight is 456 g/mol. The first kappa shape index (κ1) is 23.8. The van der Waals surface area contributed by atoms with Crippen molar-refractivity contribution < 1.29 is 14.4 Å². The highest BCUT2D eigenvalue weighted by Crippen LogP contribution is 2.31. The molecule has 3 amide bonds. The van der Waals surface area contributed by atoms with Gasteiger partial charge in [-0.1, -0.05) is 37.6 Å². The Hall–Kier alpha value is -2.86. The highest BCUT2D eigenvalue weighted by molar-refractivity contribution is 6.30. The summed E-state index contributed by atoms with van der Waals surface area (Å²) in [6, 6.07) is 14.6. The molecule has 0 unspecified atom stereocenters. The molecule has 1 aliphatic heterocycles. The van der Waals surface area contributed by atoms with Crippen molar-refractivity contribution in [1.82, 2.24) is 10.6 Å². The van der Waals surface area contributed by atoms with Crippen molar-refractivity contribution in [2.75, 3.05) is 24.5 Å². The number of nitrogens with zero attached hydrogens (tertiary/aromatic N) is 1. The molecule has 0 radical (unpaired) electrons. The zero-order valence-corrected chi connectivity index (χ0v) is 19.4. The van der Waals surface area contributed by atoms with E-state index < -0.39 is 0 Å². The second-order valence-electron chi connectivity index (χ2n) is 8.15. The van der Waals surface area contributed by atoms with Crippen LogP contribution in [0, 0.1) is 0 Å². The largest absolute Gasteiger partial charge is 0.354 e. The predicted molar refractivity (Wildman–Crippen MR) is 127 cm³/mol. The lowest BCUT2D eigenvalue weighted by Gasteiger charge is -2.32. The van der Waals surface area contributed by atoms with Gasteiger partial charge in [-0.3, -0.25) is 14.4 Å². The van der Waals surface area contributed by atoms with E-state index in [-0.39, 0.29) is 29.7 Å². The maximum atomic E-state index is 12.4. The van der Waals surface area contributed by atoms with E-state index >= 15 is 0 Å². The molecule has 0 aromatic heterocycles. The number of carbonyl (C=O) groups is 3. The minimum atomic E-state index is -0.325. The third-order valence-electron chi connectivity index (χ3n) is 6.36. The first-order chi connectivity index (χ1) is 15.4. The predicted octanol–water partition coefficient (Wildman–Crippen LogP) is 4.07. The number of halogens is 1. The van der Waals surface area contributed by atoms with Crippen LogP contribution in [-0.4, -0.2) is 37.4 Å². The molecule has 0 aliphatic carbocycles. The summed E-state index contributed by atoms with van der Waals surface area (Å²) in [4.78, 5) is 38.4. The van der Waals surface area contributed by atoms with Gasteiger partial charge in [0.05, 0.1) is 6.54 Å². The van der Waals surface area contributed by atoms with Crippen molar-refractivity contribution in [1.29, 1.82) is 0 Å². The molecule has 2 N–H and O–H groups in total. The fourth-order valence-electron chi connectivity index (χ4n) is 4.12. The SMILES string of the molecule is CCC(CC)(CNC(=O)CNC(=O)c1ccc(N2CCCC2=O)cc1)c1ccc(Cl)cc1. The summed E-state index contributed by atoms with van der Waals surface area (Å²) in [6.45, 7) is 5.29. The van der Waals surface area contributed by atoms with Crippen molar-refractivity contribution in [2.24, 2.45) is 0 Å². The van der Waals surface area contributed by atoms with Crippen LogP contribution < -0.4 is 15.5 Å². The van der Waals surface area contributed by atoms with Crippen LogP contribution in [0.3, 0.4) is 0 Å². The van der Waals surface area contributed by atoms with Gasteiger partial charge in [-0.15, -0.1) is 0 Å². The molecule has 6 nitrogen and oxygen atoms in total. The van der Waals surface area contributed by atoms with Gasteiger partial charge in [0.2, 0.25) is 11.8 Å². The maximum absolute atomic E-state index is 12.4. The molecule has 0 atom stereocenters. The van der Waals surface area contributed by atoms with Crippen LogP contribution in [0.4, 0.5) is 5.69 Å². The van der Waals surface area contributed by atoms with Gasteiger partial charge < -0.3 is 15.5 Å². The van der Waals surface area contributed by atoms with Crippen LogP contribution in [0.5, 0.6) is 0 Å². The molecule has 1 aliphatic rings. The Balaban J connectivity index is 1.53. The number of hydrogen-bond acceptors (Lipinski definition) is 3. The van der Waals surface area contributed by atoms with Gasteiger partial charge in [-0.2, -0.15) is 0 Å². The third-order valence-corrected chi connectivity index (χ3v) is 6.61. The van der Waals surface area contributed by atoms with Gasteiger partial charge >= 0.3 is 0 Å². The van der Waals surface area contributed by atoms with E-state index in [2.05, 4.69) is 24.5 Å². The van der Waals surface area contributed by atoms with E-state index in [0.29, 0.717) is 30.1 Å². The second kappa shape index (κ2) is 10.6. The molecule has 3 rings (SSSR count). The maximum Gasteiger partial charge on any atom is 0.251 e. The smallest absolute Gasteiger partial charge is 0.251 e. The summed E-state index contributed by atoms with van der Waals surface area (Å²) in [5, 5.41) is 6.31. The van der Waals surface area contributed by atoms with Gasteiger partial charge in [0.25, 0.3) is 5.91 Å². The molecule has 1 heterocycles. The molecule has 0 spiro atoms. The summed E-state index contributed by atoms with van der Waals surface area (Å²) in [7, 11) is 0. The van der Waals surface area contributed by atoms with E-state index in [0.717, 1.165) is 30.5 Å². The number of anilines is 1. The Bertz CT molecular complexity index is 953. The van der Waals surface area contributed by atoms with Crippen molar-refractivity contribution >= 4 is 35.0 Å². The van der Waals surface area contributed by atoms with Gasteiger partial charge in [-0.25, -0.2) is 0 Å². The standard InChI is InChI=1S/C25H30ClN3O3/c1-3-25(4-2,19-9-11-20(26)12-10-19)17-28-22(30)16-27-24(32)18-7-13-21(14-8-18)29-15-5-6-23(29)31/h7-14H,3-6,15-17H2,1-2H3,(H,27,32)(H,28,30). The lowest BCUT2D eigenvalue weighted by Crippen LogP contribution is -2.44. The Kier molecular flexibility index (Phi) is 7.91. The van der Waals surface area contributed by atoms with E-state index in [9.17, 15) is 14.4 Å². The van der Waals surface area contributed by atoms with Gasteiger partial charge in [0.1, 0.15) is 0 Å². The van der Waals surface area contributed by atoms with Crippen LogP contribution in [0.1, 0.15) is 55.5 Å². The number of carbonyl (C=O) groups excluding carboxylic acids is 3. The average Bonchev–Trinajstić information content (AvgIpc) is 3.25. The quantitative estimate of drug-likeness (QED) is 0.598. The van der Waals surface area contributed by atoms with E-state index in [4.69, 9.17) is 11.6 Å². The Morgan fingerprint density at radius 1 is 1.00 bits per heavy atom. The lowest BCUT2D eigenvalue weighted by molar-refractivity contribution is -0.120. The number of hydrogen-bond donors (Lipinski definition) is 2. The molecule has 170 valence electrons. The highest BCUT2D eigenvalue weighted by Gasteiger charge is 2.29. The van der Waals surface area contributed by atoms with Crippen LogP contribution in [0.2, 0.25) is 5.02 Å². The number of benzene rings is 2. The summed E-state index contributed by atoms with van der Waals surface area (Å²) >= 11 is 6.02. The van der Waals surface area contributed by atoms with Gasteiger partial charge in [0.15, 0.2) is 0 Å². The first-order valence-electron chi connectivity index (χ1n) is 11.1. The summed E-state index contributed by atoms with van der Waals surface area (Å²) in [5.74, 6) is -0.458. The van der Waals surface area contributed by atoms with Crippen LogP contribution >= 0.6 is 11.6 Å². The molecular formula is C25H30ClN3O3. The van der Waals surface area contributed by atoms with Gasteiger partial charge in [0, 0.05) is 41.2 Å². The number of nitrogens with one attached hydrogen (secondary N) is 2. The number of rotatable bonds is 9. The summed E-state index contributed by atoms with van der Waals surface area (Å²) in [5.41, 5.74) is 2.19. The summed E-state index contributed by atoms with van der Waals surface area (Å²) in [6.07, 6.45) is 3.14. The fourth-order valence-corrected chi connectivity index (χ4v) is 4.25. The third kappa shape index (κ3) is 5.49. The Morgan fingerprint density at radius 3 is 2.22 bits per heavy atom. The Morgan fingerprint density at radius 2 is 1.66 bits per heavy atom. The zero-order chi connectivity index (χ0) is 23.1. The molecular weight excluding hydrogens is 426 g/mol. The first-order valence-corrected chi connectivity index (χ1v) is 11.5. The van der Waals surface area contributed by atoms with Crippen molar-refractivity contribution in [2.45, 2.75) is 44.9 Å². The van der Waals surface area contributed by atoms with E-state index in [1.54, 1.807) is 29.2 Å². The summed E-state index contributed by atoms with van der Waals surface area (Å²) < 4.78 is 0. The van der Waals surface area contributed by atoms with Gasteiger partial charge in [-0.05, 0) is 61.2 Å². The molecule has 7 heteroatoms. The topological polar surface area (TPSA) is 78.5 Å². The molecule has 0 saturated carbocycles. The molecule has 2 aromatic carbocycles. The number of amides is 3. The van der Waals surface area contributed by atoms with Crippen molar-refractivity contribution in [3.8, 4) is 0 Å². The minimum Gasteiger partial charge on any atom is -0.354 e.